The molecule has 0 aliphatic heterocycles. The molecule has 4 nitrogen and oxygen atoms in total. The molecule has 136 valence electrons. The molecule has 0 heterocycles. The van der Waals surface area contributed by atoms with Gasteiger partial charge in [-0.2, -0.15) is 0 Å². The Morgan fingerprint density at radius 3 is 2.00 bits per heavy atom. The summed E-state index contributed by atoms with van der Waals surface area (Å²) in [5.74, 6) is 0.00781. The van der Waals surface area contributed by atoms with Crippen molar-refractivity contribution in [3.63, 3.8) is 0 Å². The van der Waals surface area contributed by atoms with Crippen LogP contribution in [0.3, 0.4) is 0 Å². The molecule has 0 aliphatic rings. The van der Waals surface area contributed by atoms with Crippen molar-refractivity contribution in [3.8, 4) is 0 Å². The van der Waals surface area contributed by atoms with Gasteiger partial charge in [-0.05, 0) is 67.9 Å². The van der Waals surface area contributed by atoms with Gasteiger partial charge in [0, 0.05) is 22.6 Å². The monoisotopic (exact) mass is 358 g/mol. The van der Waals surface area contributed by atoms with Crippen LogP contribution in [0.4, 0.5) is 17.1 Å². The van der Waals surface area contributed by atoms with Gasteiger partial charge in [0.25, 0.3) is 0 Å². The van der Waals surface area contributed by atoms with Crippen LogP contribution in [-0.4, -0.2) is 11.7 Å². The predicted octanol–water partition coefficient (Wildman–Crippen LogP) is 5.12. The molecule has 0 saturated heterocycles. The highest BCUT2D eigenvalue weighted by molar-refractivity contribution is 5.94. The maximum Gasteiger partial charge on any atom is 0.228 e. The Balaban J connectivity index is 1.58. The molecule has 0 aromatic heterocycles. The van der Waals surface area contributed by atoms with Crippen LogP contribution < -0.4 is 10.6 Å². The smallest absolute Gasteiger partial charge is 0.228 e. The number of rotatable bonds is 6. The second-order valence-corrected chi connectivity index (χ2v) is 6.55. The molecule has 2 N–H and O–H groups in total. The van der Waals surface area contributed by atoms with Crippen LogP contribution in [0.15, 0.2) is 72.8 Å². The number of aryl methyl sites for hydroxylation is 1. The van der Waals surface area contributed by atoms with E-state index in [1.165, 1.54) is 0 Å². The Morgan fingerprint density at radius 1 is 0.815 bits per heavy atom. The second-order valence-electron chi connectivity index (χ2n) is 6.55. The number of anilines is 3. The van der Waals surface area contributed by atoms with E-state index in [9.17, 15) is 9.59 Å². The fourth-order valence-electron chi connectivity index (χ4n) is 2.80. The van der Waals surface area contributed by atoms with Crippen LogP contribution in [0.2, 0.25) is 0 Å². The van der Waals surface area contributed by atoms with Gasteiger partial charge < -0.3 is 10.6 Å². The van der Waals surface area contributed by atoms with Gasteiger partial charge in [-0.15, -0.1) is 0 Å². The summed E-state index contributed by atoms with van der Waals surface area (Å²) >= 11 is 0. The first kappa shape index (κ1) is 18.4. The Morgan fingerprint density at radius 2 is 1.41 bits per heavy atom. The van der Waals surface area contributed by atoms with Crippen LogP contribution >= 0.6 is 0 Å². The minimum Gasteiger partial charge on any atom is -0.356 e. The average Bonchev–Trinajstić information content (AvgIpc) is 2.64. The molecule has 0 bridgehead atoms. The largest absolute Gasteiger partial charge is 0.356 e. The third-order valence-corrected chi connectivity index (χ3v) is 4.20. The maximum atomic E-state index is 12.2. The molecule has 4 heteroatoms. The lowest BCUT2D eigenvalue weighted by Crippen LogP contribution is -2.14. The summed E-state index contributed by atoms with van der Waals surface area (Å²) in [5, 5.41) is 6.19. The van der Waals surface area contributed by atoms with E-state index in [1.807, 2.05) is 67.6 Å². The molecule has 0 unspecified atom stereocenters. The molecule has 0 saturated carbocycles. The van der Waals surface area contributed by atoms with Crippen LogP contribution in [0.5, 0.6) is 0 Å². The van der Waals surface area contributed by atoms with Gasteiger partial charge in [-0.25, -0.2) is 0 Å². The summed E-state index contributed by atoms with van der Waals surface area (Å²) in [6.07, 6.45) is 0.351. The molecule has 0 atom stereocenters. The first-order valence-electron chi connectivity index (χ1n) is 8.83. The lowest BCUT2D eigenvalue weighted by atomic mass is 10.1. The van der Waals surface area contributed by atoms with Gasteiger partial charge in [0.05, 0.1) is 6.42 Å². The van der Waals surface area contributed by atoms with Crippen molar-refractivity contribution in [1.29, 1.82) is 0 Å². The van der Waals surface area contributed by atoms with Crippen molar-refractivity contribution in [1.82, 2.24) is 0 Å². The van der Waals surface area contributed by atoms with E-state index in [4.69, 9.17) is 0 Å². The van der Waals surface area contributed by atoms with Gasteiger partial charge >= 0.3 is 0 Å². The lowest BCUT2D eigenvalue weighted by molar-refractivity contribution is -0.115. The zero-order chi connectivity index (χ0) is 19.2. The number of hydrogen-bond acceptors (Lipinski definition) is 3. The minimum absolute atomic E-state index is 0.0406. The average molecular weight is 358 g/mol. The fourth-order valence-corrected chi connectivity index (χ4v) is 2.80. The standard InChI is InChI=1S/C23H22N2O2/c1-16-4-3-5-18(14-16)15-23(27)25-22-12-10-21(11-13-22)24-20-8-6-19(7-9-20)17(2)26/h3-14,24H,15H2,1-2H3,(H,25,27). The summed E-state index contributed by atoms with van der Waals surface area (Å²) in [4.78, 5) is 23.5. The summed E-state index contributed by atoms with van der Waals surface area (Å²) in [5.41, 5.74) is 5.39. The second kappa shape index (κ2) is 8.32. The maximum absolute atomic E-state index is 12.2. The molecule has 0 spiro atoms. The highest BCUT2D eigenvalue weighted by Gasteiger charge is 2.05. The molecule has 0 aliphatic carbocycles. The van der Waals surface area contributed by atoms with E-state index in [0.29, 0.717) is 12.0 Å². The third-order valence-electron chi connectivity index (χ3n) is 4.20. The number of benzene rings is 3. The molecule has 3 aromatic rings. The third kappa shape index (κ3) is 5.28. The van der Waals surface area contributed by atoms with Crippen LogP contribution in [0.25, 0.3) is 0 Å². The fraction of sp³-hybridized carbons (Fsp3) is 0.130. The first-order valence-corrected chi connectivity index (χ1v) is 8.83. The summed E-state index contributed by atoms with van der Waals surface area (Å²) in [6.45, 7) is 3.56. The van der Waals surface area contributed by atoms with E-state index in [2.05, 4.69) is 10.6 Å². The molecule has 0 radical (unpaired) electrons. The van der Waals surface area contributed by atoms with Crippen molar-refractivity contribution < 1.29 is 9.59 Å². The molecule has 1 amide bonds. The highest BCUT2D eigenvalue weighted by Crippen LogP contribution is 2.20. The van der Waals surface area contributed by atoms with Gasteiger partial charge in [0.15, 0.2) is 5.78 Å². The predicted molar refractivity (Wildman–Crippen MR) is 110 cm³/mol. The summed E-state index contributed by atoms with van der Waals surface area (Å²) in [6, 6.07) is 22.8. The molecule has 3 aromatic carbocycles. The van der Waals surface area contributed by atoms with Gasteiger partial charge in [0.1, 0.15) is 0 Å². The number of carbonyl (C=O) groups is 2. The van der Waals surface area contributed by atoms with E-state index in [1.54, 1.807) is 19.1 Å². The number of amides is 1. The first-order chi connectivity index (χ1) is 13.0. The van der Waals surface area contributed by atoms with Crippen molar-refractivity contribution in [2.24, 2.45) is 0 Å². The van der Waals surface area contributed by atoms with E-state index >= 15 is 0 Å². The Labute approximate surface area is 159 Å². The topological polar surface area (TPSA) is 58.2 Å². The summed E-state index contributed by atoms with van der Waals surface area (Å²) in [7, 11) is 0. The zero-order valence-corrected chi connectivity index (χ0v) is 15.5. The number of ketones is 1. The number of nitrogens with one attached hydrogen (secondary N) is 2. The number of Topliss-reactive ketones (excluding diaryl/α,β-unsaturated/α-hetero) is 1. The van der Waals surface area contributed by atoms with Crippen LogP contribution in [0.1, 0.15) is 28.4 Å². The molecule has 27 heavy (non-hydrogen) atoms. The van der Waals surface area contributed by atoms with Crippen LogP contribution in [0, 0.1) is 6.92 Å². The Kier molecular flexibility index (Phi) is 5.67. The number of carbonyl (C=O) groups excluding carboxylic acids is 2. The van der Waals surface area contributed by atoms with Gasteiger partial charge in [-0.1, -0.05) is 29.8 Å². The van der Waals surface area contributed by atoms with Crippen molar-refractivity contribution in [2.75, 3.05) is 10.6 Å². The van der Waals surface area contributed by atoms with Crippen molar-refractivity contribution >= 4 is 28.8 Å². The van der Waals surface area contributed by atoms with Crippen LogP contribution in [-0.2, 0) is 11.2 Å². The molecular formula is C23H22N2O2. The van der Waals surface area contributed by atoms with Gasteiger partial charge in [-0.3, -0.25) is 9.59 Å². The normalized spacial score (nSPS) is 10.3. The highest BCUT2D eigenvalue weighted by atomic mass is 16.1. The quantitative estimate of drug-likeness (QED) is 0.601. The Hall–Kier alpha value is -3.40. The van der Waals surface area contributed by atoms with Crippen molar-refractivity contribution in [3.05, 3.63) is 89.5 Å². The van der Waals surface area contributed by atoms with Gasteiger partial charge in [0.2, 0.25) is 5.91 Å². The van der Waals surface area contributed by atoms with E-state index in [0.717, 1.165) is 28.2 Å². The lowest BCUT2D eigenvalue weighted by Gasteiger charge is -2.09. The molecule has 0 fully saturated rings. The van der Waals surface area contributed by atoms with E-state index in [-0.39, 0.29) is 11.7 Å². The summed E-state index contributed by atoms with van der Waals surface area (Å²) < 4.78 is 0. The minimum atomic E-state index is -0.0406. The zero-order valence-electron chi connectivity index (χ0n) is 15.5. The Bertz CT molecular complexity index is 945. The van der Waals surface area contributed by atoms with E-state index < -0.39 is 0 Å². The number of hydrogen-bond donors (Lipinski definition) is 2. The SMILES string of the molecule is CC(=O)c1ccc(Nc2ccc(NC(=O)Cc3cccc(C)c3)cc2)cc1. The molecule has 3 rings (SSSR count). The van der Waals surface area contributed by atoms with Crippen molar-refractivity contribution in [2.45, 2.75) is 20.3 Å². The molecular weight excluding hydrogens is 336 g/mol.